The molecule has 0 saturated heterocycles. The van der Waals surface area contributed by atoms with Crippen LogP contribution in [-0.2, 0) is 10.0 Å². The second-order valence-electron chi connectivity index (χ2n) is 4.20. The van der Waals surface area contributed by atoms with Gasteiger partial charge in [0, 0.05) is 19.1 Å². The van der Waals surface area contributed by atoms with Crippen LogP contribution in [0.5, 0.6) is 0 Å². The van der Waals surface area contributed by atoms with Gasteiger partial charge in [-0.1, -0.05) is 0 Å². The first-order valence-electron chi connectivity index (χ1n) is 5.67. The minimum Gasteiger partial charge on any atom is -0.313 e. The number of benzene rings is 1. The van der Waals surface area contributed by atoms with Gasteiger partial charge in [0.15, 0.2) is 0 Å². The molecule has 0 radical (unpaired) electrons. The van der Waals surface area contributed by atoms with Gasteiger partial charge in [0.05, 0.1) is 0 Å². The van der Waals surface area contributed by atoms with Crippen molar-refractivity contribution in [3.05, 3.63) is 29.8 Å². The van der Waals surface area contributed by atoms with Crippen molar-refractivity contribution in [2.24, 2.45) is 0 Å². The lowest BCUT2D eigenvalue weighted by atomic mass is 10.3. The van der Waals surface area contributed by atoms with Gasteiger partial charge in [-0.05, 0) is 31.0 Å². The zero-order valence-corrected chi connectivity index (χ0v) is 10.4. The monoisotopic (exact) mass is 276 g/mol. The van der Waals surface area contributed by atoms with Gasteiger partial charge < -0.3 is 5.32 Å². The molecule has 2 N–H and O–H groups in total. The third-order valence-electron chi connectivity index (χ3n) is 2.61. The molecule has 2 rings (SSSR count). The third kappa shape index (κ3) is 3.47. The van der Waals surface area contributed by atoms with Crippen LogP contribution in [-0.4, -0.2) is 27.5 Å². The molecule has 1 saturated carbocycles. The summed E-state index contributed by atoms with van der Waals surface area (Å²) in [5, 5.41) is 3.11. The van der Waals surface area contributed by atoms with E-state index in [9.17, 15) is 17.2 Å². The maximum atomic E-state index is 13.3. The molecule has 1 fully saturated rings. The number of hydrogen-bond acceptors (Lipinski definition) is 3. The highest BCUT2D eigenvalue weighted by Crippen LogP contribution is 2.18. The topological polar surface area (TPSA) is 58.2 Å². The molecule has 1 aliphatic rings. The summed E-state index contributed by atoms with van der Waals surface area (Å²) in [4.78, 5) is -0.658. The van der Waals surface area contributed by atoms with Crippen molar-refractivity contribution in [3.63, 3.8) is 0 Å². The largest absolute Gasteiger partial charge is 0.313 e. The molecule has 0 aliphatic heterocycles. The first kappa shape index (κ1) is 13.4. The van der Waals surface area contributed by atoms with Crippen LogP contribution < -0.4 is 10.0 Å². The van der Waals surface area contributed by atoms with E-state index in [0.29, 0.717) is 18.7 Å². The molecular formula is C11H14F2N2O2S. The van der Waals surface area contributed by atoms with E-state index in [1.165, 1.54) is 0 Å². The minimum absolute atomic E-state index is 0.148. The van der Waals surface area contributed by atoms with E-state index in [0.717, 1.165) is 25.0 Å². The van der Waals surface area contributed by atoms with Crippen LogP contribution in [0.2, 0.25) is 0 Å². The first-order valence-corrected chi connectivity index (χ1v) is 7.15. The van der Waals surface area contributed by atoms with E-state index in [-0.39, 0.29) is 6.54 Å². The number of hydrogen-bond donors (Lipinski definition) is 2. The molecule has 4 nitrogen and oxygen atoms in total. The van der Waals surface area contributed by atoms with Crippen molar-refractivity contribution in [2.75, 3.05) is 13.1 Å². The number of rotatable bonds is 6. The maximum Gasteiger partial charge on any atom is 0.243 e. The zero-order valence-electron chi connectivity index (χ0n) is 9.62. The molecule has 100 valence electrons. The van der Waals surface area contributed by atoms with Crippen molar-refractivity contribution >= 4 is 10.0 Å². The highest BCUT2D eigenvalue weighted by molar-refractivity contribution is 7.89. The van der Waals surface area contributed by atoms with Gasteiger partial charge in [0.2, 0.25) is 10.0 Å². The normalized spacial score (nSPS) is 15.9. The molecule has 0 bridgehead atoms. The fourth-order valence-corrected chi connectivity index (χ4v) is 2.63. The average Bonchev–Trinajstić information content (AvgIpc) is 3.12. The van der Waals surface area contributed by atoms with Crippen LogP contribution in [0.1, 0.15) is 12.8 Å². The van der Waals surface area contributed by atoms with Gasteiger partial charge in [0.1, 0.15) is 16.5 Å². The second kappa shape index (κ2) is 5.29. The Hall–Kier alpha value is -1.05. The highest BCUT2D eigenvalue weighted by atomic mass is 32.2. The molecule has 1 aliphatic carbocycles. The Morgan fingerprint density at radius 1 is 1.22 bits per heavy atom. The van der Waals surface area contributed by atoms with Crippen LogP contribution in [0.3, 0.4) is 0 Å². The Morgan fingerprint density at radius 3 is 2.61 bits per heavy atom. The van der Waals surface area contributed by atoms with Crippen molar-refractivity contribution in [1.82, 2.24) is 10.0 Å². The molecule has 7 heteroatoms. The van der Waals surface area contributed by atoms with Crippen LogP contribution in [0.4, 0.5) is 8.78 Å². The summed E-state index contributed by atoms with van der Waals surface area (Å²) in [6.07, 6.45) is 2.20. The van der Waals surface area contributed by atoms with E-state index in [4.69, 9.17) is 0 Å². The summed E-state index contributed by atoms with van der Waals surface area (Å²) < 4.78 is 51.9. The van der Waals surface area contributed by atoms with Gasteiger partial charge >= 0.3 is 0 Å². The summed E-state index contributed by atoms with van der Waals surface area (Å²) in [7, 11) is -4.00. The summed E-state index contributed by atoms with van der Waals surface area (Å²) in [5.74, 6) is -1.74. The average molecular weight is 276 g/mol. The van der Waals surface area contributed by atoms with Crippen molar-refractivity contribution in [3.8, 4) is 0 Å². The quantitative estimate of drug-likeness (QED) is 0.762. The number of halogens is 2. The van der Waals surface area contributed by atoms with Crippen molar-refractivity contribution < 1.29 is 17.2 Å². The lowest BCUT2D eigenvalue weighted by Crippen LogP contribution is -2.33. The Balaban J connectivity index is 1.97. The van der Waals surface area contributed by atoms with Gasteiger partial charge in [-0.3, -0.25) is 0 Å². The standard InChI is InChI=1S/C11H14F2N2O2S/c12-8-1-4-10(13)11(7-8)18(16,17)15-6-5-14-9-2-3-9/h1,4,7,9,14-15H,2-3,5-6H2. The SMILES string of the molecule is O=S(=O)(NCCNC1CC1)c1cc(F)ccc1F. The smallest absolute Gasteiger partial charge is 0.243 e. The summed E-state index contributed by atoms with van der Waals surface area (Å²) in [5.41, 5.74) is 0. The molecule has 0 atom stereocenters. The summed E-state index contributed by atoms with van der Waals surface area (Å²) >= 11 is 0. The lowest BCUT2D eigenvalue weighted by molar-refractivity contribution is 0.543. The van der Waals surface area contributed by atoms with Gasteiger partial charge in [-0.25, -0.2) is 21.9 Å². The van der Waals surface area contributed by atoms with Crippen molar-refractivity contribution in [2.45, 2.75) is 23.8 Å². The summed E-state index contributed by atoms with van der Waals surface area (Å²) in [6, 6.07) is 2.82. The molecule has 1 aromatic rings. The molecule has 0 aromatic heterocycles. The minimum atomic E-state index is -4.00. The molecule has 0 heterocycles. The first-order chi connectivity index (χ1) is 8.49. The van der Waals surface area contributed by atoms with Crippen LogP contribution in [0.25, 0.3) is 0 Å². The third-order valence-corrected chi connectivity index (χ3v) is 4.09. The molecule has 0 unspecified atom stereocenters. The maximum absolute atomic E-state index is 13.3. The Morgan fingerprint density at radius 2 is 1.94 bits per heavy atom. The molecule has 1 aromatic carbocycles. The van der Waals surface area contributed by atoms with Crippen LogP contribution in [0.15, 0.2) is 23.1 Å². The highest BCUT2D eigenvalue weighted by Gasteiger charge is 2.21. The van der Waals surface area contributed by atoms with Gasteiger partial charge in [0.25, 0.3) is 0 Å². The fraction of sp³-hybridized carbons (Fsp3) is 0.455. The Kier molecular flexibility index (Phi) is 3.94. The van der Waals surface area contributed by atoms with Gasteiger partial charge in [-0.2, -0.15) is 0 Å². The number of sulfonamides is 1. The molecular weight excluding hydrogens is 262 g/mol. The predicted molar refractivity (Wildman–Crippen MR) is 62.6 cm³/mol. The van der Waals surface area contributed by atoms with Crippen LogP contribution >= 0.6 is 0 Å². The van der Waals surface area contributed by atoms with E-state index >= 15 is 0 Å². The lowest BCUT2D eigenvalue weighted by Gasteiger charge is -2.08. The van der Waals surface area contributed by atoms with Crippen LogP contribution in [0, 0.1) is 11.6 Å². The summed E-state index contributed by atoms with van der Waals surface area (Å²) in [6.45, 7) is 0.621. The molecule has 18 heavy (non-hydrogen) atoms. The zero-order chi connectivity index (χ0) is 13.2. The van der Waals surface area contributed by atoms with E-state index in [2.05, 4.69) is 10.0 Å². The molecule has 0 spiro atoms. The Bertz CT molecular complexity index is 530. The molecule has 0 amide bonds. The van der Waals surface area contributed by atoms with E-state index in [1.54, 1.807) is 0 Å². The van der Waals surface area contributed by atoms with E-state index < -0.39 is 26.6 Å². The second-order valence-corrected chi connectivity index (χ2v) is 5.94. The number of nitrogens with one attached hydrogen (secondary N) is 2. The van der Waals surface area contributed by atoms with E-state index in [1.807, 2.05) is 0 Å². The Labute approximate surface area is 104 Å². The van der Waals surface area contributed by atoms with Gasteiger partial charge in [-0.15, -0.1) is 0 Å². The predicted octanol–water partition coefficient (Wildman–Crippen LogP) is 0.995. The van der Waals surface area contributed by atoms with Crippen molar-refractivity contribution in [1.29, 1.82) is 0 Å². The fourth-order valence-electron chi connectivity index (χ4n) is 1.51.